The first-order chi connectivity index (χ1) is 37.5. The van der Waals surface area contributed by atoms with E-state index in [0.717, 1.165) is 105 Å². The van der Waals surface area contributed by atoms with E-state index in [4.69, 9.17) is 16.7 Å². The fourth-order valence-corrected chi connectivity index (χ4v) is 11.4. The predicted octanol–water partition coefficient (Wildman–Crippen LogP) is 11.4. The molecule has 0 unspecified atom stereocenters. The summed E-state index contributed by atoms with van der Waals surface area (Å²) in [6, 6.07) is 29.1. The summed E-state index contributed by atoms with van der Waals surface area (Å²) in [5.74, 6) is -0.452. The van der Waals surface area contributed by atoms with Crippen LogP contribution in [-0.4, -0.2) is 94.5 Å². The topological polar surface area (TPSA) is 229 Å². The molecule has 3 aromatic heterocycles. The van der Waals surface area contributed by atoms with Gasteiger partial charge >= 0.3 is 0 Å². The summed E-state index contributed by atoms with van der Waals surface area (Å²) >= 11 is 6.20. The number of hydrogen-bond donors (Lipinski definition) is 5. The number of carbonyl (C=O) groups is 4. The Morgan fingerprint density at radius 1 is 0.662 bits per heavy atom. The Kier molecular flexibility index (Phi) is 14.3. The number of aromatic nitrogens is 3. The van der Waals surface area contributed by atoms with Crippen molar-refractivity contribution in [2.24, 2.45) is 10.2 Å². The van der Waals surface area contributed by atoms with E-state index >= 15 is 0 Å². The van der Waals surface area contributed by atoms with Crippen molar-refractivity contribution in [2.75, 3.05) is 65.5 Å². The third-order valence-electron chi connectivity index (χ3n) is 15.1. The van der Waals surface area contributed by atoms with Crippen LogP contribution in [0.4, 0.5) is 39.8 Å². The molecule has 11 rings (SSSR count). The van der Waals surface area contributed by atoms with E-state index in [1.165, 1.54) is 18.2 Å². The van der Waals surface area contributed by atoms with Crippen LogP contribution in [-0.2, 0) is 24.1 Å². The van der Waals surface area contributed by atoms with Crippen molar-refractivity contribution in [3.05, 3.63) is 146 Å². The van der Waals surface area contributed by atoms with Crippen LogP contribution in [0.5, 0.6) is 0 Å². The lowest BCUT2D eigenvalue weighted by Crippen LogP contribution is -2.30. The average Bonchev–Trinajstić information content (AvgIpc) is 4.34. The summed E-state index contributed by atoms with van der Waals surface area (Å²) in [6.45, 7) is 5.85. The summed E-state index contributed by atoms with van der Waals surface area (Å²) in [4.78, 5) is 83.4. The third kappa shape index (κ3) is 10.0. The first kappa shape index (κ1) is 50.8. The Hall–Kier alpha value is -8.35. The van der Waals surface area contributed by atoms with Crippen molar-refractivity contribution < 1.29 is 29.2 Å². The number of carbonyl (C=O) groups excluding carboxylic acids is 4. The third-order valence-corrected chi connectivity index (χ3v) is 15.5. The van der Waals surface area contributed by atoms with Gasteiger partial charge in [-0.1, -0.05) is 31.4 Å². The molecule has 0 fully saturated rings. The number of anilines is 4. The Labute approximate surface area is 448 Å². The van der Waals surface area contributed by atoms with Crippen molar-refractivity contribution in [1.82, 2.24) is 20.3 Å². The van der Waals surface area contributed by atoms with Gasteiger partial charge in [-0.2, -0.15) is 5.11 Å². The summed E-state index contributed by atoms with van der Waals surface area (Å²) in [7, 11) is 0. The molecule has 3 aliphatic rings. The first-order valence-electron chi connectivity index (χ1n) is 26.5. The molecule has 0 spiro atoms. The summed E-state index contributed by atoms with van der Waals surface area (Å²) < 4.78 is 0. The molecule has 5 N–H and O–H groups in total. The monoisotopic (exact) mass is 1060 g/mol. The van der Waals surface area contributed by atoms with Gasteiger partial charge in [0.2, 0.25) is 5.91 Å². The predicted molar refractivity (Wildman–Crippen MR) is 300 cm³/mol. The lowest BCUT2D eigenvalue weighted by Gasteiger charge is -2.25. The van der Waals surface area contributed by atoms with E-state index in [9.17, 15) is 29.3 Å². The quantitative estimate of drug-likeness (QED) is 0.0226. The van der Waals surface area contributed by atoms with Gasteiger partial charge in [-0.05, 0) is 147 Å². The second-order valence-corrected chi connectivity index (χ2v) is 20.3. The van der Waals surface area contributed by atoms with Gasteiger partial charge in [0.25, 0.3) is 23.4 Å². The van der Waals surface area contributed by atoms with Gasteiger partial charge in [-0.15, -0.1) is 5.11 Å². The smallest absolute Gasteiger partial charge is 0.274 e. The number of hydrogen-bond acceptors (Lipinski definition) is 10. The second kappa shape index (κ2) is 21.7. The number of nitrogens with one attached hydrogen (secondary N) is 4. The summed E-state index contributed by atoms with van der Waals surface area (Å²) in [5.41, 5.74) is 11.3. The molecule has 0 radical (unpaired) electrons. The molecule has 0 saturated carbocycles. The van der Waals surface area contributed by atoms with Gasteiger partial charge in [-0.25, -0.2) is 0 Å². The number of H-pyrrole nitrogens is 3. The van der Waals surface area contributed by atoms with Crippen molar-refractivity contribution in [3.63, 3.8) is 0 Å². The highest BCUT2D eigenvalue weighted by atomic mass is 35.5. The molecule has 4 amide bonds. The van der Waals surface area contributed by atoms with Crippen molar-refractivity contribution in [3.8, 4) is 0 Å². The number of fused-ring (bicyclic) bond motifs is 9. The summed E-state index contributed by atoms with van der Waals surface area (Å²) in [5, 5.41) is 34.7. The number of rotatable bonds is 19. The number of nitro groups is 1. The molecule has 0 saturated heterocycles. The summed E-state index contributed by atoms with van der Waals surface area (Å²) in [6.07, 6.45) is 7.51. The molecule has 0 atom stereocenters. The van der Waals surface area contributed by atoms with Crippen LogP contribution in [0.1, 0.15) is 100 Å². The van der Waals surface area contributed by atoms with Crippen LogP contribution in [0, 0.1) is 10.1 Å². The molecule has 18 nitrogen and oxygen atoms in total. The maximum Gasteiger partial charge on any atom is 0.274 e. The fraction of sp³-hybridized carbons (Fsp3) is 0.310. The highest BCUT2D eigenvalue weighted by Crippen LogP contribution is 2.40. The molecule has 0 bridgehead atoms. The first-order valence-corrected chi connectivity index (χ1v) is 26.8. The number of azo groups is 1. The fourth-order valence-electron chi connectivity index (χ4n) is 11.2. The van der Waals surface area contributed by atoms with E-state index in [1.54, 1.807) is 9.80 Å². The van der Waals surface area contributed by atoms with Crippen LogP contribution in [0.3, 0.4) is 0 Å². The second-order valence-electron chi connectivity index (χ2n) is 19.9. The van der Waals surface area contributed by atoms with Crippen LogP contribution in [0.25, 0.3) is 32.7 Å². The van der Waals surface area contributed by atoms with Crippen molar-refractivity contribution >= 4 is 108 Å². The van der Waals surface area contributed by atoms with Gasteiger partial charge < -0.3 is 45.0 Å². The number of amides is 4. The van der Waals surface area contributed by atoms with E-state index in [1.807, 2.05) is 83.8 Å². The highest BCUT2D eigenvalue weighted by molar-refractivity contribution is 6.33. The molecule has 0 aliphatic carbocycles. The molecule has 77 heavy (non-hydrogen) atoms. The van der Waals surface area contributed by atoms with Crippen LogP contribution in [0.15, 0.2) is 107 Å². The number of aliphatic hydroxyl groups is 1. The van der Waals surface area contributed by atoms with Crippen LogP contribution in [0.2, 0.25) is 5.02 Å². The number of aliphatic hydroxyl groups excluding tert-OH is 1. The number of nitro benzene ring substituents is 1. The van der Waals surface area contributed by atoms with E-state index in [2.05, 4.69) is 42.3 Å². The lowest BCUT2D eigenvalue weighted by atomic mass is 10.1. The molecular weight excluding hydrogens is 998 g/mol. The number of benzene rings is 5. The van der Waals surface area contributed by atoms with E-state index in [-0.39, 0.29) is 40.9 Å². The highest BCUT2D eigenvalue weighted by Gasteiger charge is 2.33. The van der Waals surface area contributed by atoms with E-state index < -0.39 is 4.92 Å². The van der Waals surface area contributed by atoms with Crippen molar-refractivity contribution in [2.45, 2.75) is 71.1 Å². The molecule has 394 valence electrons. The number of nitrogens with zero attached hydrogens (tertiary/aromatic N) is 7. The zero-order valence-corrected chi connectivity index (χ0v) is 43.4. The molecule has 19 heteroatoms. The molecule has 6 heterocycles. The number of aromatic amines is 3. The zero-order chi connectivity index (χ0) is 53.3. The normalized spacial score (nSPS) is 13.8. The number of non-ortho nitro benzene ring substituents is 1. The van der Waals surface area contributed by atoms with Gasteiger partial charge in [0.05, 0.1) is 15.6 Å². The minimum absolute atomic E-state index is 0.0466. The minimum Gasteiger partial charge on any atom is -0.396 e. The molecular formula is C58H58ClN11O7. The largest absolute Gasteiger partial charge is 0.396 e. The van der Waals surface area contributed by atoms with E-state index in [0.29, 0.717) is 99.6 Å². The van der Waals surface area contributed by atoms with Gasteiger partial charge in [0.15, 0.2) is 0 Å². The lowest BCUT2D eigenvalue weighted by molar-refractivity contribution is -0.384. The van der Waals surface area contributed by atoms with Gasteiger partial charge in [0, 0.05) is 120 Å². The van der Waals surface area contributed by atoms with Gasteiger partial charge in [-0.3, -0.25) is 29.3 Å². The Morgan fingerprint density at radius 3 is 1.77 bits per heavy atom. The average molecular weight is 1060 g/mol. The molecule has 5 aromatic carbocycles. The Bertz CT molecular complexity index is 3660. The van der Waals surface area contributed by atoms with Gasteiger partial charge in [0.1, 0.15) is 22.8 Å². The van der Waals surface area contributed by atoms with Crippen LogP contribution >= 0.6 is 11.6 Å². The number of unbranched alkanes of at least 4 members (excludes halogenated alkanes) is 3. The molecule has 8 aromatic rings. The van der Waals surface area contributed by atoms with Crippen LogP contribution < -0.4 is 24.9 Å². The SMILES string of the molecule is CCCCCN(CCCNC(=O)c1cc2c3c(ccc2[nH]1)N(C(=O)c1cc2c4c(ccc2[nH]1)N(C(=O)c1cc2c5c(ccc2[nH]1)N(C(=O)CCCCO)CC5)CC4)CC3)c1ccc(/N=N/c2ccc([N+](=O)[O-])cc2Cl)cc1. The Morgan fingerprint density at radius 2 is 1.21 bits per heavy atom. The number of halogens is 1. The standard InChI is InChI=1S/C58H58ClN11O7/c1-2-3-5-25-66(36-11-9-35(10-12-36)64-65-48-14-13-37(70(76)77)31-44(48)59)26-7-24-60-56(73)49-32-41-39-22-28-68(53(39)19-16-45(41)61-49)58(75)51-34-43-40-23-29-69(54(40)20-17-47(43)63-51)57(74)50-33-42-38-21-27-67(55(72)8-4-6-30-71)52(38)18-15-46(42)62-50/h9-20,31-34,61-63,71H,2-8,21-30H2,1H3,(H,60,73)/b65-64+. The maximum absolute atomic E-state index is 14.3. The minimum atomic E-state index is -0.513. The molecule has 3 aliphatic heterocycles. The zero-order valence-electron chi connectivity index (χ0n) is 42.7. The van der Waals surface area contributed by atoms with Crippen molar-refractivity contribution in [1.29, 1.82) is 0 Å². The Balaban J connectivity index is 0.721. The maximum atomic E-state index is 14.3.